The molecule has 19 heavy (non-hydrogen) atoms. The van der Waals surface area contributed by atoms with Crippen LogP contribution in [0.2, 0.25) is 5.02 Å². The predicted molar refractivity (Wildman–Crippen MR) is 73.1 cm³/mol. The predicted octanol–water partition coefficient (Wildman–Crippen LogP) is 1.58. The minimum absolute atomic E-state index is 0.0778. The van der Waals surface area contributed by atoms with Crippen LogP contribution in [0.4, 0.5) is 10.8 Å². The summed E-state index contributed by atoms with van der Waals surface area (Å²) >= 11 is 6.62. The monoisotopic (exact) mass is 320 g/mol. The van der Waals surface area contributed by atoms with Gasteiger partial charge in [-0.2, -0.15) is 8.42 Å². The van der Waals surface area contributed by atoms with Crippen molar-refractivity contribution in [3.63, 3.8) is 0 Å². The van der Waals surface area contributed by atoms with Crippen LogP contribution in [0.1, 0.15) is 0 Å². The lowest BCUT2D eigenvalue weighted by Gasteiger charge is -2.08. The molecule has 0 saturated carbocycles. The Bertz CT molecular complexity index is 701. The van der Waals surface area contributed by atoms with Crippen molar-refractivity contribution in [1.82, 2.24) is 10.2 Å². The fourth-order valence-electron chi connectivity index (χ4n) is 1.25. The van der Waals surface area contributed by atoms with Crippen LogP contribution >= 0.6 is 22.9 Å². The van der Waals surface area contributed by atoms with Crippen molar-refractivity contribution in [3.05, 3.63) is 23.2 Å². The van der Waals surface area contributed by atoms with E-state index in [4.69, 9.17) is 22.1 Å². The third-order valence-corrected chi connectivity index (χ3v) is 4.87. The van der Waals surface area contributed by atoms with Crippen LogP contribution in [0.15, 0.2) is 22.5 Å². The number of hydrogen-bond acceptors (Lipinski definition) is 7. The largest absolute Gasteiger partial charge is 0.495 e. The van der Waals surface area contributed by atoms with Gasteiger partial charge in [0.1, 0.15) is 5.75 Å². The van der Waals surface area contributed by atoms with E-state index in [1.807, 2.05) is 0 Å². The standard InChI is InChI=1S/C9H9ClN4O3S2/c1-17-7-4-5(2-3-6(7)10)14-19(15,16)9-13-12-8(11)18-9/h2-4,14H,1H3,(H2,11,12). The Morgan fingerprint density at radius 2 is 2.16 bits per heavy atom. The molecular weight excluding hydrogens is 312 g/mol. The van der Waals surface area contributed by atoms with Gasteiger partial charge in [0.15, 0.2) is 0 Å². The molecule has 0 saturated heterocycles. The van der Waals surface area contributed by atoms with Gasteiger partial charge in [0, 0.05) is 6.07 Å². The molecular formula is C9H9ClN4O3S2. The number of aromatic nitrogens is 2. The molecule has 1 heterocycles. The van der Waals surface area contributed by atoms with E-state index in [2.05, 4.69) is 14.9 Å². The fraction of sp³-hybridized carbons (Fsp3) is 0.111. The van der Waals surface area contributed by atoms with Crippen LogP contribution in [-0.4, -0.2) is 25.7 Å². The highest BCUT2D eigenvalue weighted by Gasteiger charge is 2.20. The van der Waals surface area contributed by atoms with Crippen LogP contribution < -0.4 is 15.2 Å². The number of benzene rings is 1. The molecule has 0 fully saturated rings. The summed E-state index contributed by atoms with van der Waals surface area (Å²) in [5.41, 5.74) is 5.65. The first-order chi connectivity index (χ1) is 8.92. The zero-order valence-corrected chi connectivity index (χ0v) is 12.0. The quantitative estimate of drug-likeness (QED) is 0.885. The Balaban J connectivity index is 2.30. The SMILES string of the molecule is COc1cc(NS(=O)(=O)c2nnc(N)s2)ccc1Cl. The Hall–Kier alpha value is -1.58. The van der Waals surface area contributed by atoms with Crippen LogP contribution in [0, 0.1) is 0 Å². The van der Waals surface area contributed by atoms with Gasteiger partial charge in [-0.25, -0.2) is 0 Å². The maximum absolute atomic E-state index is 12.0. The summed E-state index contributed by atoms with van der Waals surface area (Å²) in [7, 11) is -2.38. The maximum Gasteiger partial charge on any atom is 0.291 e. The molecule has 0 aliphatic rings. The van der Waals surface area contributed by atoms with Gasteiger partial charge < -0.3 is 10.5 Å². The highest BCUT2D eigenvalue weighted by Crippen LogP contribution is 2.29. The summed E-state index contributed by atoms with van der Waals surface area (Å²) in [4.78, 5) is 0. The van der Waals surface area contributed by atoms with Gasteiger partial charge >= 0.3 is 0 Å². The smallest absolute Gasteiger partial charge is 0.291 e. The summed E-state index contributed by atoms with van der Waals surface area (Å²) in [6, 6.07) is 4.49. The van der Waals surface area contributed by atoms with E-state index in [-0.39, 0.29) is 9.47 Å². The molecule has 0 amide bonds. The summed E-state index contributed by atoms with van der Waals surface area (Å²) < 4.78 is 31.1. The van der Waals surface area contributed by atoms with E-state index in [1.165, 1.54) is 25.3 Å². The Labute approximate surface area is 118 Å². The highest BCUT2D eigenvalue weighted by molar-refractivity contribution is 7.94. The minimum Gasteiger partial charge on any atom is -0.495 e. The van der Waals surface area contributed by atoms with Crippen molar-refractivity contribution >= 4 is 43.8 Å². The van der Waals surface area contributed by atoms with Crippen LogP contribution in [-0.2, 0) is 10.0 Å². The van der Waals surface area contributed by atoms with Gasteiger partial charge in [0.25, 0.3) is 14.4 Å². The summed E-state index contributed by atoms with van der Waals surface area (Å²) in [6.07, 6.45) is 0. The van der Waals surface area contributed by atoms with Gasteiger partial charge in [-0.15, -0.1) is 10.2 Å². The Morgan fingerprint density at radius 1 is 1.42 bits per heavy atom. The number of nitrogens with one attached hydrogen (secondary N) is 1. The van der Waals surface area contributed by atoms with Crippen LogP contribution in [0.5, 0.6) is 5.75 Å². The molecule has 1 aromatic heterocycles. The lowest BCUT2D eigenvalue weighted by Crippen LogP contribution is -2.12. The zero-order chi connectivity index (χ0) is 14.0. The Morgan fingerprint density at radius 3 is 2.74 bits per heavy atom. The molecule has 10 heteroatoms. The van der Waals surface area contributed by atoms with E-state index in [1.54, 1.807) is 0 Å². The van der Waals surface area contributed by atoms with E-state index in [0.29, 0.717) is 16.5 Å². The molecule has 0 radical (unpaired) electrons. The first kappa shape index (κ1) is 13.8. The normalized spacial score (nSPS) is 11.3. The minimum atomic E-state index is -3.81. The summed E-state index contributed by atoms with van der Waals surface area (Å²) in [5, 5.41) is 7.39. The third kappa shape index (κ3) is 3.06. The fourth-order valence-corrected chi connectivity index (χ4v) is 3.28. The van der Waals surface area contributed by atoms with Gasteiger partial charge in [-0.3, -0.25) is 4.72 Å². The molecule has 2 rings (SSSR count). The molecule has 0 unspecified atom stereocenters. The second-order valence-corrected chi connectivity index (χ2v) is 6.63. The average Bonchev–Trinajstić information content (AvgIpc) is 2.79. The number of sulfonamides is 1. The number of nitrogens with two attached hydrogens (primary N) is 1. The van der Waals surface area contributed by atoms with E-state index < -0.39 is 10.0 Å². The van der Waals surface area contributed by atoms with Crippen molar-refractivity contribution in [2.75, 3.05) is 17.6 Å². The second-order valence-electron chi connectivity index (χ2n) is 3.36. The number of ether oxygens (including phenoxy) is 1. The number of anilines is 2. The summed E-state index contributed by atoms with van der Waals surface area (Å²) in [5.74, 6) is 0.360. The first-order valence-corrected chi connectivity index (χ1v) is 7.55. The summed E-state index contributed by atoms with van der Waals surface area (Å²) in [6.45, 7) is 0. The van der Waals surface area contributed by atoms with Gasteiger partial charge in [0.05, 0.1) is 17.8 Å². The molecule has 7 nitrogen and oxygen atoms in total. The molecule has 1 aromatic carbocycles. The van der Waals surface area contributed by atoms with Crippen molar-refractivity contribution in [2.45, 2.75) is 4.34 Å². The molecule has 102 valence electrons. The second kappa shape index (κ2) is 5.19. The highest BCUT2D eigenvalue weighted by atomic mass is 35.5. The van der Waals surface area contributed by atoms with Crippen LogP contribution in [0.25, 0.3) is 0 Å². The van der Waals surface area contributed by atoms with Gasteiger partial charge in [-0.1, -0.05) is 22.9 Å². The molecule has 0 bridgehead atoms. The lowest BCUT2D eigenvalue weighted by molar-refractivity contribution is 0.415. The first-order valence-electron chi connectivity index (χ1n) is 4.88. The number of nitrogens with zero attached hydrogens (tertiary/aromatic N) is 2. The number of rotatable bonds is 4. The lowest BCUT2D eigenvalue weighted by atomic mass is 10.3. The zero-order valence-electron chi connectivity index (χ0n) is 9.62. The average molecular weight is 321 g/mol. The van der Waals surface area contributed by atoms with Crippen molar-refractivity contribution in [1.29, 1.82) is 0 Å². The molecule has 0 spiro atoms. The molecule has 0 atom stereocenters. The maximum atomic E-state index is 12.0. The molecule has 3 N–H and O–H groups in total. The number of methoxy groups -OCH3 is 1. The van der Waals surface area contributed by atoms with Crippen molar-refractivity contribution in [2.24, 2.45) is 0 Å². The van der Waals surface area contributed by atoms with Crippen molar-refractivity contribution in [3.8, 4) is 5.75 Å². The third-order valence-electron chi connectivity index (χ3n) is 2.06. The molecule has 0 aliphatic carbocycles. The van der Waals surface area contributed by atoms with Crippen LogP contribution in [0.3, 0.4) is 0 Å². The number of nitrogen functional groups attached to an aromatic ring is 1. The van der Waals surface area contributed by atoms with E-state index in [9.17, 15) is 8.42 Å². The van der Waals surface area contributed by atoms with Crippen molar-refractivity contribution < 1.29 is 13.2 Å². The topological polar surface area (TPSA) is 107 Å². The molecule has 2 aromatic rings. The van der Waals surface area contributed by atoms with E-state index >= 15 is 0 Å². The number of halogens is 1. The van der Waals surface area contributed by atoms with Gasteiger partial charge in [-0.05, 0) is 12.1 Å². The number of hydrogen-bond donors (Lipinski definition) is 2. The Kier molecular flexibility index (Phi) is 3.78. The van der Waals surface area contributed by atoms with Gasteiger partial charge in [0.2, 0.25) is 5.13 Å². The molecule has 0 aliphatic heterocycles. The van der Waals surface area contributed by atoms with E-state index in [0.717, 1.165) is 11.3 Å².